The standard InChI is InChI=1S/C17H27NO/c1-12(2)19-16-8-6-15(7-9-16)13(3)18-14(4)17(5)10-11-17/h6-9,12-14,18H,10-11H2,1-5H3. The zero-order chi connectivity index (χ0) is 14.0. The molecule has 0 bridgehead atoms. The average molecular weight is 261 g/mol. The van der Waals surface area contributed by atoms with Crippen LogP contribution in [-0.2, 0) is 0 Å². The lowest BCUT2D eigenvalue weighted by Crippen LogP contribution is -2.35. The molecule has 1 aromatic rings. The summed E-state index contributed by atoms with van der Waals surface area (Å²) in [5.41, 5.74) is 1.85. The fourth-order valence-corrected chi connectivity index (χ4v) is 2.41. The summed E-state index contributed by atoms with van der Waals surface area (Å²) in [5.74, 6) is 0.952. The maximum Gasteiger partial charge on any atom is 0.119 e. The minimum Gasteiger partial charge on any atom is -0.491 e. The number of hydrogen-bond donors (Lipinski definition) is 1. The first-order chi connectivity index (χ1) is 8.90. The molecule has 1 aromatic carbocycles. The number of benzene rings is 1. The van der Waals surface area contributed by atoms with Crippen LogP contribution in [0.25, 0.3) is 0 Å². The smallest absolute Gasteiger partial charge is 0.119 e. The molecule has 19 heavy (non-hydrogen) atoms. The van der Waals surface area contributed by atoms with Gasteiger partial charge in [-0.15, -0.1) is 0 Å². The van der Waals surface area contributed by atoms with Gasteiger partial charge in [-0.25, -0.2) is 0 Å². The van der Waals surface area contributed by atoms with E-state index in [1.807, 2.05) is 0 Å². The molecule has 1 N–H and O–H groups in total. The van der Waals surface area contributed by atoms with E-state index in [-0.39, 0.29) is 6.10 Å². The monoisotopic (exact) mass is 261 g/mol. The summed E-state index contributed by atoms with van der Waals surface area (Å²) < 4.78 is 5.67. The van der Waals surface area contributed by atoms with Crippen LogP contribution in [0.4, 0.5) is 0 Å². The molecule has 2 atom stereocenters. The molecular weight excluding hydrogens is 234 g/mol. The summed E-state index contributed by atoms with van der Waals surface area (Å²) in [6.45, 7) is 11.0. The van der Waals surface area contributed by atoms with E-state index >= 15 is 0 Å². The summed E-state index contributed by atoms with van der Waals surface area (Å²) in [7, 11) is 0. The molecular formula is C17H27NO. The Morgan fingerprint density at radius 1 is 1.05 bits per heavy atom. The molecule has 0 aromatic heterocycles. The Morgan fingerprint density at radius 3 is 2.11 bits per heavy atom. The molecule has 106 valence electrons. The Balaban J connectivity index is 1.93. The largest absolute Gasteiger partial charge is 0.491 e. The van der Waals surface area contributed by atoms with E-state index in [4.69, 9.17) is 4.74 Å². The van der Waals surface area contributed by atoms with Crippen LogP contribution in [0.5, 0.6) is 5.75 Å². The molecule has 0 amide bonds. The van der Waals surface area contributed by atoms with Gasteiger partial charge in [0.2, 0.25) is 0 Å². The third-order valence-corrected chi connectivity index (χ3v) is 4.34. The van der Waals surface area contributed by atoms with Gasteiger partial charge in [-0.05, 0) is 63.6 Å². The SMILES string of the molecule is CC(C)Oc1ccc(C(C)NC(C)C2(C)CC2)cc1. The highest BCUT2D eigenvalue weighted by Crippen LogP contribution is 2.48. The van der Waals surface area contributed by atoms with Crippen molar-refractivity contribution >= 4 is 0 Å². The molecule has 1 aliphatic carbocycles. The molecule has 1 aliphatic rings. The molecule has 0 heterocycles. The van der Waals surface area contributed by atoms with Crippen molar-refractivity contribution in [3.05, 3.63) is 29.8 Å². The number of rotatable bonds is 6. The Bertz CT molecular complexity index is 406. The highest BCUT2D eigenvalue weighted by molar-refractivity contribution is 5.29. The normalized spacial score (nSPS) is 20.1. The van der Waals surface area contributed by atoms with Gasteiger partial charge in [-0.1, -0.05) is 19.1 Å². The van der Waals surface area contributed by atoms with Crippen molar-refractivity contribution < 1.29 is 4.74 Å². The number of ether oxygens (including phenoxy) is 1. The van der Waals surface area contributed by atoms with Gasteiger partial charge < -0.3 is 10.1 Å². The molecule has 0 spiro atoms. The summed E-state index contributed by atoms with van der Waals surface area (Å²) >= 11 is 0. The minimum atomic E-state index is 0.233. The van der Waals surface area contributed by atoms with Gasteiger partial charge in [0.05, 0.1) is 6.10 Å². The highest BCUT2D eigenvalue weighted by atomic mass is 16.5. The summed E-state index contributed by atoms with van der Waals surface area (Å²) in [6, 6.07) is 9.43. The highest BCUT2D eigenvalue weighted by Gasteiger charge is 2.42. The summed E-state index contributed by atoms with van der Waals surface area (Å²) in [6.07, 6.45) is 2.95. The van der Waals surface area contributed by atoms with E-state index in [2.05, 4.69) is 64.2 Å². The van der Waals surface area contributed by atoms with Crippen LogP contribution in [0.2, 0.25) is 0 Å². The quantitative estimate of drug-likeness (QED) is 0.823. The molecule has 2 nitrogen and oxygen atoms in total. The van der Waals surface area contributed by atoms with Crippen LogP contribution >= 0.6 is 0 Å². The minimum absolute atomic E-state index is 0.233. The van der Waals surface area contributed by atoms with Crippen molar-refractivity contribution in [1.29, 1.82) is 0 Å². The first kappa shape index (κ1) is 14.4. The summed E-state index contributed by atoms with van der Waals surface area (Å²) in [5, 5.41) is 3.72. The number of nitrogens with one attached hydrogen (secondary N) is 1. The second-order valence-corrected chi connectivity index (χ2v) is 6.50. The lowest BCUT2D eigenvalue weighted by Gasteiger charge is -2.25. The van der Waals surface area contributed by atoms with Gasteiger partial charge in [-0.2, -0.15) is 0 Å². The van der Waals surface area contributed by atoms with Crippen LogP contribution in [-0.4, -0.2) is 12.1 Å². The van der Waals surface area contributed by atoms with Crippen LogP contribution in [0.1, 0.15) is 59.1 Å². The van der Waals surface area contributed by atoms with E-state index < -0.39 is 0 Å². The van der Waals surface area contributed by atoms with Crippen LogP contribution in [0, 0.1) is 5.41 Å². The van der Waals surface area contributed by atoms with Gasteiger partial charge in [-0.3, -0.25) is 0 Å². The van der Waals surface area contributed by atoms with Gasteiger partial charge in [0.1, 0.15) is 5.75 Å². The van der Waals surface area contributed by atoms with E-state index in [0.29, 0.717) is 17.5 Å². The second kappa shape index (κ2) is 5.54. The topological polar surface area (TPSA) is 21.3 Å². The van der Waals surface area contributed by atoms with Crippen molar-refractivity contribution in [3.8, 4) is 5.75 Å². The first-order valence-electron chi connectivity index (χ1n) is 7.43. The maximum atomic E-state index is 5.67. The van der Waals surface area contributed by atoms with Crippen molar-refractivity contribution in [2.45, 2.75) is 65.6 Å². The van der Waals surface area contributed by atoms with Crippen LogP contribution in [0.15, 0.2) is 24.3 Å². The second-order valence-electron chi connectivity index (χ2n) is 6.50. The maximum absolute atomic E-state index is 5.67. The third-order valence-electron chi connectivity index (χ3n) is 4.34. The molecule has 1 saturated carbocycles. The molecule has 0 aliphatic heterocycles. The molecule has 0 saturated heterocycles. The molecule has 2 rings (SSSR count). The lowest BCUT2D eigenvalue weighted by atomic mass is 9.98. The Morgan fingerprint density at radius 2 is 1.63 bits per heavy atom. The Hall–Kier alpha value is -1.02. The van der Waals surface area contributed by atoms with Gasteiger partial charge >= 0.3 is 0 Å². The van der Waals surface area contributed by atoms with E-state index in [1.54, 1.807) is 0 Å². The molecule has 2 unspecified atom stereocenters. The number of hydrogen-bond acceptors (Lipinski definition) is 2. The average Bonchev–Trinajstić information content (AvgIpc) is 3.09. The van der Waals surface area contributed by atoms with Crippen LogP contribution < -0.4 is 10.1 Å². The zero-order valence-corrected chi connectivity index (χ0v) is 12.9. The van der Waals surface area contributed by atoms with Gasteiger partial charge in [0.25, 0.3) is 0 Å². The Labute approximate surface area is 117 Å². The fourth-order valence-electron chi connectivity index (χ4n) is 2.41. The van der Waals surface area contributed by atoms with E-state index in [9.17, 15) is 0 Å². The van der Waals surface area contributed by atoms with Crippen molar-refractivity contribution in [1.82, 2.24) is 5.32 Å². The predicted molar refractivity (Wildman–Crippen MR) is 80.6 cm³/mol. The fraction of sp³-hybridized carbons (Fsp3) is 0.647. The lowest BCUT2D eigenvalue weighted by molar-refractivity contribution is 0.242. The molecule has 2 heteroatoms. The van der Waals surface area contributed by atoms with Crippen LogP contribution in [0.3, 0.4) is 0 Å². The zero-order valence-electron chi connectivity index (χ0n) is 12.9. The summed E-state index contributed by atoms with van der Waals surface area (Å²) in [4.78, 5) is 0. The van der Waals surface area contributed by atoms with E-state index in [0.717, 1.165) is 5.75 Å². The van der Waals surface area contributed by atoms with Gasteiger partial charge in [0, 0.05) is 12.1 Å². The van der Waals surface area contributed by atoms with Gasteiger partial charge in [0.15, 0.2) is 0 Å². The van der Waals surface area contributed by atoms with Crippen molar-refractivity contribution in [2.75, 3.05) is 0 Å². The van der Waals surface area contributed by atoms with E-state index in [1.165, 1.54) is 18.4 Å². The Kier molecular flexibility index (Phi) is 4.19. The van der Waals surface area contributed by atoms with Crippen molar-refractivity contribution in [2.24, 2.45) is 5.41 Å². The first-order valence-corrected chi connectivity index (χ1v) is 7.43. The third kappa shape index (κ3) is 3.73. The van der Waals surface area contributed by atoms with Crippen molar-refractivity contribution in [3.63, 3.8) is 0 Å². The predicted octanol–water partition coefficient (Wildman–Crippen LogP) is 4.31. The molecule has 1 fully saturated rings. The molecule has 0 radical (unpaired) electrons.